The van der Waals surface area contributed by atoms with E-state index < -0.39 is 5.92 Å². The van der Waals surface area contributed by atoms with Crippen LogP contribution >= 0.6 is 15.9 Å². The molecule has 1 unspecified atom stereocenters. The summed E-state index contributed by atoms with van der Waals surface area (Å²) < 4.78 is 25.5. The Balaban J connectivity index is 2.62. The second-order valence-corrected chi connectivity index (χ2v) is 5.28. The molecule has 1 saturated carbocycles. The summed E-state index contributed by atoms with van der Waals surface area (Å²) in [5.74, 6) is -2.53. The van der Waals surface area contributed by atoms with E-state index >= 15 is 0 Å². The van der Waals surface area contributed by atoms with E-state index in [4.69, 9.17) is 0 Å². The second kappa shape index (κ2) is 2.66. The Bertz CT molecular complexity index is 183. The Morgan fingerprint density at radius 1 is 1.42 bits per heavy atom. The van der Waals surface area contributed by atoms with Gasteiger partial charge in [0, 0.05) is 11.8 Å². The zero-order valence-electron chi connectivity index (χ0n) is 7.76. The molecule has 0 aliphatic heterocycles. The lowest BCUT2D eigenvalue weighted by atomic mass is 9.92. The van der Waals surface area contributed by atoms with Crippen LogP contribution < -0.4 is 0 Å². The van der Waals surface area contributed by atoms with Gasteiger partial charge >= 0.3 is 0 Å². The Morgan fingerprint density at radius 3 is 1.92 bits per heavy atom. The van der Waals surface area contributed by atoms with Gasteiger partial charge in [-0.1, -0.05) is 29.8 Å². The summed E-state index contributed by atoms with van der Waals surface area (Å²) >= 11 is 3.33. The van der Waals surface area contributed by atoms with Crippen LogP contribution in [0.25, 0.3) is 0 Å². The van der Waals surface area contributed by atoms with Crippen LogP contribution in [0.4, 0.5) is 8.78 Å². The molecule has 0 N–H and O–H groups in total. The zero-order valence-corrected chi connectivity index (χ0v) is 9.34. The minimum Gasteiger partial charge on any atom is -0.207 e. The summed E-state index contributed by atoms with van der Waals surface area (Å²) in [7, 11) is 0. The molecule has 1 atom stereocenters. The van der Waals surface area contributed by atoms with E-state index in [2.05, 4.69) is 29.8 Å². The van der Waals surface area contributed by atoms with Crippen molar-refractivity contribution in [3.63, 3.8) is 0 Å². The normalized spacial score (nSPS) is 33.5. The highest BCUT2D eigenvalue weighted by Crippen LogP contribution is 2.67. The van der Waals surface area contributed by atoms with Crippen LogP contribution in [-0.4, -0.2) is 11.3 Å². The molecule has 0 aromatic heterocycles. The van der Waals surface area contributed by atoms with Gasteiger partial charge in [0.25, 0.3) is 0 Å². The van der Waals surface area contributed by atoms with Crippen molar-refractivity contribution in [1.82, 2.24) is 0 Å². The van der Waals surface area contributed by atoms with Crippen molar-refractivity contribution >= 4 is 15.9 Å². The Morgan fingerprint density at radius 2 is 1.83 bits per heavy atom. The molecule has 0 aromatic rings. The van der Waals surface area contributed by atoms with Crippen LogP contribution in [0.1, 0.15) is 33.6 Å². The molecule has 0 nitrogen and oxygen atoms in total. The highest BCUT2D eigenvalue weighted by atomic mass is 79.9. The maximum absolute atomic E-state index is 12.8. The third kappa shape index (κ3) is 1.81. The van der Waals surface area contributed by atoms with E-state index in [1.54, 1.807) is 0 Å². The second-order valence-electron chi connectivity index (χ2n) is 4.72. The third-order valence-corrected chi connectivity index (χ3v) is 4.07. The first-order chi connectivity index (χ1) is 5.22. The summed E-state index contributed by atoms with van der Waals surface area (Å²) in [5.41, 5.74) is -0.0683. The number of hydrogen-bond acceptors (Lipinski definition) is 0. The van der Waals surface area contributed by atoms with Crippen LogP contribution in [0.5, 0.6) is 0 Å². The van der Waals surface area contributed by atoms with Gasteiger partial charge in [-0.3, -0.25) is 0 Å². The summed E-state index contributed by atoms with van der Waals surface area (Å²) in [6, 6.07) is 0. The number of rotatable bonds is 3. The maximum atomic E-state index is 12.8. The summed E-state index contributed by atoms with van der Waals surface area (Å²) in [5, 5.41) is 0.691. The molecule has 1 aliphatic rings. The quantitative estimate of drug-likeness (QED) is 0.658. The predicted octanol–water partition coefficient (Wildman–Crippen LogP) is 3.84. The van der Waals surface area contributed by atoms with Gasteiger partial charge in [-0.05, 0) is 24.2 Å². The molecule has 1 aliphatic carbocycles. The smallest absolute Gasteiger partial charge is 0.207 e. The molecular formula is C9H15BrF2. The van der Waals surface area contributed by atoms with Crippen molar-refractivity contribution in [3.05, 3.63) is 0 Å². The van der Waals surface area contributed by atoms with E-state index in [1.807, 2.05) is 0 Å². The van der Waals surface area contributed by atoms with Crippen LogP contribution in [0.2, 0.25) is 0 Å². The molecule has 0 bridgehead atoms. The lowest BCUT2D eigenvalue weighted by molar-refractivity contribution is -0.00995. The van der Waals surface area contributed by atoms with E-state index in [1.165, 1.54) is 0 Å². The van der Waals surface area contributed by atoms with Gasteiger partial charge in [-0.2, -0.15) is 0 Å². The van der Waals surface area contributed by atoms with E-state index in [9.17, 15) is 8.78 Å². The molecule has 3 heteroatoms. The summed E-state index contributed by atoms with van der Waals surface area (Å²) in [4.78, 5) is 0. The van der Waals surface area contributed by atoms with Gasteiger partial charge in [0.1, 0.15) is 0 Å². The van der Waals surface area contributed by atoms with Crippen molar-refractivity contribution in [1.29, 1.82) is 0 Å². The maximum Gasteiger partial charge on any atom is 0.246 e. The summed E-state index contributed by atoms with van der Waals surface area (Å²) in [6.07, 6.45) is 0.924. The molecular weight excluding hydrogens is 226 g/mol. The minimum atomic E-state index is -2.53. The van der Waals surface area contributed by atoms with E-state index in [-0.39, 0.29) is 17.3 Å². The number of halogens is 3. The van der Waals surface area contributed by atoms with Gasteiger partial charge in [0.05, 0.1) is 0 Å². The lowest BCUT2D eigenvalue weighted by Crippen LogP contribution is -2.22. The topological polar surface area (TPSA) is 0 Å². The average Bonchev–Trinajstić information content (AvgIpc) is 2.30. The molecule has 72 valence electrons. The number of hydrogen-bond donors (Lipinski definition) is 0. The Kier molecular flexibility index (Phi) is 2.31. The first-order valence-corrected chi connectivity index (χ1v) is 5.28. The van der Waals surface area contributed by atoms with Crippen molar-refractivity contribution in [2.75, 3.05) is 5.33 Å². The molecule has 1 rings (SSSR count). The van der Waals surface area contributed by atoms with E-state index in [0.717, 1.165) is 13.3 Å². The Labute approximate surface area is 80.9 Å². The van der Waals surface area contributed by atoms with Crippen molar-refractivity contribution < 1.29 is 8.78 Å². The van der Waals surface area contributed by atoms with Crippen LogP contribution in [-0.2, 0) is 0 Å². The van der Waals surface area contributed by atoms with Crippen molar-refractivity contribution in [2.24, 2.45) is 10.8 Å². The SMILES string of the molecule is CC(F)(F)CC1(CBr)CC1(C)C. The van der Waals surface area contributed by atoms with Gasteiger partial charge in [-0.25, -0.2) is 8.78 Å². The highest BCUT2D eigenvalue weighted by Gasteiger charge is 2.62. The monoisotopic (exact) mass is 240 g/mol. The molecule has 1 fully saturated rings. The van der Waals surface area contributed by atoms with Gasteiger partial charge in [0.15, 0.2) is 0 Å². The van der Waals surface area contributed by atoms with Gasteiger partial charge < -0.3 is 0 Å². The Hall–Kier alpha value is 0.340. The summed E-state index contributed by atoms with van der Waals surface area (Å²) in [6.45, 7) is 5.12. The fourth-order valence-electron chi connectivity index (χ4n) is 1.97. The molecule has 0 heterocycles. The van der Waals surface area contributed by atoms with Crippen molar-refractivity contribution in [3.8, 4) is 0 Å². The van der Waals surface area contributed by atoms with Crippen LogP contribution in [0.15, 0.2) is 0 Å². The number of alkyl halides is 3. The van der Waals surface area contributed by atoms with Crippen LogP contribution in [0.3, 0.4) is 0 Å². The zero-order chi connectivity index (χ0) is 9.62. The molecule has 0 spiro atoms. The standard InChI is InChI=1S/C9H15BrF2/c1-7(2)4-9(7,6-10)5-8(3,11)12/h4-6H2,1-3H3. The highest BCUT2D eigenvalue weighted by molar-refractivity contribution is 9.09. The van der Waals surface area contributed by atoms with E-state index in [0.29, 0.717) is 5.33 Å². The first-order valence-electron chi connectivity index (χ1n) is 4.16. The fourth-order valence-corrected chi connectivity index (χ4v) is 3.13. The molecule has 0 amide bonds. The molecule has 0 aromatic carbocycles. The van der Waals surface area contributed by atoms with Gasteiger partial charge in [-0.15, -0.1) is 0 Å². The van der Waals surface area contributed by atoms with Crippen molar-refractivity contribution in [2.45, 2.75) is 39.5 Å². The minimum absolute atomic E-state index is 0.0122. The average molecular weight is 241 g/mol. The largest absolute Gasteiger partial charge is 0.246 e. The molecule has 12 heavy (non-hydrogen) atoms. The molecule has 0 saturated heterocycles. The lowest BCUT2D eigenvalue weighted by Gasteiger charge is -2.21. The van der Waals surface area contributed by atoms with Crippen LogP contribution in [0, 0.1) is 10.8 Å². The first kappa shape index (κ1) is 10.4. The molecule has 0 radical (unpaired) electrons. The fraction of sp³-hybridized carbons (Fsp3) is 1.00. The third-order valence-electron chi connectivity index (χ3n) is 3.00. The van der Waals surface area contributed by atoms with Gasteiger partial charge in [0.2, 0.25) is 5.92 Å². The predicted molar refractivity (Wildman–Crippen MR) is 49.9 cm³/mol.